The van der Waals surface area contributed by atoms with Crippen LogP contribution in [-0.2, 0) is 42.8 Å². The van der Waals surface area contributed by atoms with E-state index in [0.717, 1.165) is 90.4 Å². The molecule has 3 heterocycles. The number of carboxylic acid groups (broad SMARTS) is 1. The molecular formula is C64H116N2O21. The van der Waals surface area contributed by atoms with Crippen LogP contribution in [0, 0.1) is 0 Å². The summed E-state index contributed by atoms with van der Waals surface area (Å²) in [5.41, 5.74) is 0. The fourth-order valence-corrected chi connectivity index (χ4v) is 11.6. The average molecular weight is 1250 g/mol. The van der Waals surface area contributed by atoms with Crippen molar-refractivity contribution in [3.63, 3.8) is 0 Å². The Balaban J connectivity index is 1.63. The highest BCUT2D eigenvalue weighted by molar-refractivity contribution is 5.77. The number of carbonyl (C=O) groups excluding carboxylic acids is 2. The lowest BCUT2D eigenvalue weighted by molar-refractivity contribution is -0.386. The van der Waals surface area contributed by atoms with Gasteiger partial charge in [-0.25, -0.2) is 4.79 Å². The van der Waals surface area contributed by atoms with Gasteiger partial charge < -0.3 is 100 Å². The number of nitrogens with one attached hydrogen (secondary N) is 2. The smallest absolute Gasteiger partial charge is 0.364 e. The molecule has 0 spiro atoms. The number of aliphatic hydroxyl groups is 11. The first kappa shape index (κ1) is 78.5. The standard InChI is InChI=1S/C64H116N2O21/c1-4-6-8-10-12-14-16-18-20-22-24-26-28-30-32-34-36-38-51(74)66-45(46(71)37-35-33-31-29-27-25-23-21-19-17-15-13-11-9-7-5-2)43-82-61-56(78)55(77)58(50(42-69)84-61)85-62-57(79)60(54(76)49(41-68)83-62)87-64(63(80)81)39-47(72)52(65-44(3)70)59(86-64)53(75)48(73)40-67/h12,14,18,20,45-50,52-62,67-69,71-73,75-79H,4-11,13,15-17,19,21-43H2,1-3H3,(H,65,70)(H,66,74)(H,80,81)/b14-12-,20-18-. The van der Waals surface area contributed by atoms with Gasteiger partial charge in [0, 0.05) is 19.8 Å². The van der Waals surface area contributed by atoms with Crippen LogP contribution in [0.5, 0.6) is 0 Å². The Morgan fingerprint density at radius 2 is 1.10 bits per heavy atom. The molecule has 3 fully saturated rings. The number of carboxylic acids is 1. The van der Waals surface area contributed by atoms with Crippen molar-refractivity contribution in [2.45, 2.75) is 336 Å². The predicted octanol–water partition coefficient (Wildman–Crippen LogP) is 4.89. The van der Waals surface area contributed by atoms with Crippen LogP contribution in [0.3, 0.4) is 0 Å². The summed E-state index contributed by atoms with van der Waals surface area (Å²) in [6.07, 6.45) is 13.2. The van der Waals surface area contributed by atoms with Crippen molar-refractivity contribution >= 4 is 17.8 Å². The molecule has 3 saturated heterocycles. The first-order valence-corrected chi connectivity index (χ1v) is 33.2. The third kappa shape index (κ3) is 28.7. The maximum atomic E-state index is 13.4. The van der Waals surface area contributed by atoms with E-state index >= 15 is 0 Å². The number of allylic oxidation sites excluding steroid dienone is 4. The van der Waals surface area contributed by atoms with Crippen LogP contribution in [0.1, 0.15) is 226 Å². The van der Waals surface area contributed by atoms with Crippen molar-refractivity contribution in [1.29, 1.82) is 0 Å². The third-order valence-corrected chi connectivity index (χ3v) is 16.9. The van der Waals surface area contributed by atoms with Crippen LogP contribution in [0.25, 0.3) is 0 Å². The number of rotatable bonds is 49. The highest BCUT2D eigenvalue weighted by atomic mass is 16.8. The monoisotopic (exact) mass is 1250 g/mol. The number of hydrogen-bond donors (Lipinski definition) is 14. The molecule has 3 aliphatic rings. The van der Waals surface area contributed by atoms with Crippen LogP contribution in [-0.4, -0.2) is 215 Å². The van der Waals surface area contributed by atoms with Crippen molar-refractivity contribution < 1.29 is 104 Å². The van der Waals surface area contributed by atoms with Gasteiger partial charge in [-0.1, -0.05) is 186 Å². The maximum absolute atomic E-state index is 13.4. The number of amides is 2. The highest BCUT2D eigenvalue weighted by Gasteiger charge is 2.60. The van der Waals surface area contributed by atoms with Gasteiger partial charge in [-0.3, -0.25) is 9.59 Å². The number of aliphatic hydroxyl groups excluding tert-OH is 11. The first-order valence-electron chi connectivity index (χ1n) is 33.2. The van der Waals surface area contributed by atoms with Crippen LogP contribution in [0.15, 0.2) is 24.3 Å². The zero-order valence-corrected chi connectivity index (χ0v) is 52.6. The van der Waals surface area contributed by atoms with Gasteiger partial charge in [-0.2, -0.15) is 0 Å². The Morgan fingerprint density at radius 1 is 0.598 bits per heavy atom. The predicted molar refractivity (Wildman–Crippen MR) is 324 cm³/mol. The summed E-state index contributed by atoms with van der Waals surface area (Å²) in [4.78, 5) is 38.5. The van der Waals surface area contributed by atoms with Gasteiger partial charge in [0.05, 0.1) is 50.7 Å². The van der Waals surface area contributed by atoms with Gasteiger partial charge >= 0.3 is 5.97 Å². The van der Waals surface area contributed by atoms with Crippen molar-refractivity contribution in [3.05, 3.63) is 24.3 Å². The van der Waals surface area contributed by atoms with E-state index < -0.39 is 148 Å². The lowest BCUT2D eigenvalue weighted by atomic mass is 9.88. The van der Waals surface area contributed by atoms with Crippen LogP contribution < -0.4 is 10.6 Å². The molecule has 23 heteroatoms. The Labute approximate surface area is 517 Å². The topological polar surface area (TPSA) is 373 Å². The molecule has 0 bridgehead atoms. The highest BCUT2D eigenvalue weighted by Crippen LogP contribution is 2.39. The summed E-state index contributed by atoms with van der Waals surface area (Å²) >= 11 is 0. The van der Waals surface area contributed by atoms with Crippen molar-refractivity contribution in [3.8, 4) is 0 Å². The summed E-state index contributed by atoms with van der Waals surface area (Å²) in [5, 5.41) is 136. The molecular weight excluding hydrogens is 1130 g/mol. The molecule has 0 aliphatic carbocycles. The van der Waals surface area contributed by atoms with E-state index in [1.165, 1.54) is 89.9 Å². The van der Waals surface area contributed by atoms with Gasteiger partial charge in [-0.05, 0) is 44.9 Å². The summed E-state index contributed by atoms with van der Waals surface area (Å²) < 4.78 is 34.8. The quantitative estimate of drug-likeness (QED) is 0.0285. The summed E-state index contributed by atoms with van der Waals surface area (Å²) in [5.74, 6) is -6.11. The van der Waals surface area contributed by atoms with Crippen molar-refractivity contribution in [1.82, 2.24) is 10.6 Å². The molecule has 23 nitrogen and oxygen atoms in total. The van der Waals surface area contributed by atoms with Crippen LogP contribution in [0.2, 0.25) is 0 Å². The van der Waals surface area contributed by atoms with Crippen LogP contribution in [0.4, 0.5) is 0 Å². The van der Waals surface area contributed by atoms with Gasteiger partial charge in [0.1, 0.15) is 67.1 Å². The zero-order chi connectivity index (χ0) is 64.0. The second kappa shape index (κ2) is 45.5. The maximum Gasteiger partial charge on any atom is 0.364 e. The van der Waals surface area contributed by atoms with Crippen LogP contribution >= 0.6 is 0 Å². The molecule has 87 heavy (non-hydrogen) atoms. The lowest BCUT2D eigenvalue weighted by Crippen LogP contribution is -2.70. The fourth-order valence-electron chi connectivity index (χ4n) is 11.6. The van der Waals surface area contributed by atoms with Gasteiger partial charge in [-0.15, -0.1) is 0 Å². The number of aliphatic carboxylic acids is 1. The first-order chi connectivity index (χ1) is 41.9. The molecule has 0 saturated carbocycles. The zero-order valence-electron chi connectivity index (χ0n) is 52.6. The Bertz CT molecular complexity index is 1870. The van der Waals surface area contributed by atoms with Gasteiger partial charge in [0.15, 0.2) is 12.6 Å². The second-order valence-corrected chi connectivity index (χ2v) is 24.3. The molecule has 14 N–H and O–H groups in total. The number of hydrogen-bond acceptors (Lipinski definition) is 20. The SMILES string of the molecule is CCCCC/C=C\C/C=C\CCCCCCCCCC(=O)NC(COC1OC(CO)C(OC2OC(CO)C(O)C(OC3(C(=O)O)CC(O)C(NC(C)=O)C(C(O)C(O)CO)O3)C2O)C(O)C1O)C(O)CCCCCCCCCCCCCCCCCC. The van der Waals surface area contributed by atoms with E-state index in [1.54, 1.807) is 0 Å². The van der Waals surface area contributed by atoms with Gasteiger partial charge in [0.25, 0.3) is 5.79 Å². The fraction of sp³-hybridized carbons (Fsp3) is 0.891. The number of ether oxygens (including phenoxy) is 6. The Morgan fingerprint density at radius 3 is 1.63 bits per heavy atom. The van der Waals surface area contributed by atoms with E-state index in [1.807, 2.05) is 0 Å². The molecule has 0 aromatic rings. The molecule has 3 rings (SSSR count). The minimum atomic E-state index is -3.08. The molecule has 18 atom stereocenters. The number of unbranched alkanes of at least 4 members (excludes halogenated alkanes) is 25. The molecule has 18 unspecified atom stereocenters. The third-order valence-electron chi connectivity index (χ3n) is 16.9. The Kier molecular flexibility index (Phi) is 41.0. The van der Waals surface area contributed by atoms with E-state index in [4.69, 9.17) is 28.4 Å². The normalized spacial score (nSPS) is 29.3. The second-order valence-electron chi connectivity index (χ2n) is 24.3. The van der Waals surface area contributed by atoms with E-state index in [-0.39, 0.29) is 18.9 Å². The minimum absolute atomic E-state index is 0.214. The van der Waals surface area contributed by atoms with Gasteiger partial charge in [0.2, 0.25) is 11.8 Å². The minimum Gasteiger partial charge on any atom is -0.477 e. The lowest BCUT2D eigenvalue weighted by Gasteiger charge is -2.50. The molecule has 0 radical (unpaired) electrons. The average Bonchev–Trinajstić information content (AvgIpc) is 1.26. The molecule has 0 aromatic carbocycles. The largest absolute Gasteiger partial charge is 0.477 e. The van der Waals surface area contributed by atoms with Crippen molar-refractivity contribution in [2.24, 2.45) is 0 Å². The Hall–Kier alpha value is -2.79. The summed E-state index contributed by atoms with van der Waals surface area (Å²) in [7, 11) is 0. The summed E-state index contributed by atoms with van der Waals surface area (Å²) in [6.45, 7) is 2.16. The molecule has 0 aromatic heterocycles. The van der Waals surface area contributed by atoms with E-state index in [2.05, 4.69) is 48.8 Å². The molecule has 3 aliphatic heterocycles. The summed E-state index contributed by atoms with van der Waals surface area (Å²) in [6, 6.07) is -2.53. The van der Waals surface area contributed by atoms with E-state index in [0.29, 0.717) is 19.3 Å². The van der Waals surface area contributed by atoms with Crippen molar-refractivity contribution in [2.75, 3.05) is 26.4 Å². The molecule has 2 amide bonds. The molecule has 508 valence electrons. The number of carbonyl (C=O) groups is 3. The van der Waals surface area contributed by atoms with E-state index in [9.17, 15) is 75.7 Å².